The maximum Gasteiger partial charge on any atom is 0.191 e. The van der Waals surface area contributed by atoms with Gasteiger partial charge in [0.2, 0.25) is 0 Å². The van der Waals surface area contributed by atoms with Gasteiger partial charge >= 0.3 is 0 Å². The van der Waals surface area contributed by atoms with E-state index in [4.69, 9.17) is 0 Å². The lowest BCUT2D eigenvalue weighted by atomic mass is 9.99. The molecule has 0 radical (unpaired) electrons. The maximum atomic E-state index is 4.64. The number of guanidine groups is 1. The molecule has 24 heavy (non-hydrogen) atoms. The third kappa shape index (κ3) is 5.34. The zero-order valence-corrected chi connectivity index (χ0v) is 16.1. The van der Waals surface area contributed by atoms with Crippen molar-refractivity contribution in [1.82, 2.24) is 15.6 Å². The van der Waals surface area contributed by atoms with E-state index in [-0.39, 0.29) is 0 Å². The van der Waals surface area contributed by atoms with Crippen LogP contribution in [0.2, 0.25) is 0 Å². The van der Waals surface area contributed by atoms with Gasteiger partial charge in [0.15, 0.2) is 5.96 Å². The van der Waals surface area contributed by atoms with Crippen molar-refractivity contribution < 1.29 is 0 Å². The molecule has 0 aliphatic heterocycles. The van der Waals surface area contributed by atoms with Crippen LogP contribution in [-0.2, 0) is 6.54 Å². The van der Waals surface area contributed by atoms with Crippen LogP contribution in [0.3, 0.4) is 0 Å². The molecule has 0 saturated heterocycles. The van der Waals surface area contributed by atoms with E-state index in [1.54, 1.807) is 18.4 Å². The minimum atomic E-state index is 0.427. The van der Waals surface area contributed by atoms with Gasteiger partial charge in [0, 0.05) is 19.0 Å². The minimum absolute atomic E-state index is 0.427. The van der Waals surface area contributed by atoms with Crippen molar-refractivity contribution >= 4 is 17.3 Å². The Kier molecular flexibility index (Phi) is 6.79. The van der Waals surface area contributed by atoms with Crippen LogP contribution in [0, 0.1) is 6.92 Å². The molecular formula is C19H28N4S. The molecule has 0 spiro atoms. The molecule has 0 aliphatic carbocycles. The molecule has 1 unspecified atom stereocenters. The number of benzene rings is 1. The minimum Gasteiger partial charge on any atom is -0.356 e. The van der Waals surface area contributed by atoms with Gasteiger partial charge < -0.3 is 10.6 Å². The molecule has 4 nitrogen and oxygen atoms in total. The zero-order chi connectivity index (χ0) is 17.5. The van der Waals surface area contributed by atoms with Crippen molar-refractivity contribution in [2.45, 2.75) is 46.1 Å². The van der Waals surface area contributed by atoms with Crippen molar-refractivity contribution in [3.8, 4) is 0 Å². The van der Waals surface area contributed by atoms with Crippen molar-refractivity contribution in [1.29, 1.82) is 0 Å². The molecular weight excluding hydrogens is 316 g/mol. The molecule has 0 fully saturated rings. The predicted octanol–water partition coefficient (Wildman–Crippen LogP) is 4.04. The summed E-state index contributed by atoms with van der Waals surface area (Å²) in [5.74, 6) is 1.72. The van der Waals surface area contributed by atoms with Gasteiger partial charge in [-0.25, -0.2) is 4.98 Å². The zero-order valence-electron chi connectivity index (χ0n) is 15.3. The van der Waals surface area contributed by atoms with Crippen LogP contribution >= 0.6 is 11.3 Å². The van der Waals surface area contributed by atoms with E-state index in [0.29, 0.717) is 18.4 Å². The summed E-state index contributed by atoms with van der Waals surface area (Å²) in [7, 11) is 1.80. The summed E-state index contributed by atoms with van der Waals surface area (Å²) in [4.78, 5) is 8.94. The van der Waals surface area contributed by atoms with Crippen LogP contribution in [0.5, 0.6) is 0 Å². The second kappa shape index (κ2) is 8.83. The Labute approximate surface area is 149 Å². The average Bonchev–Trinajstić information content (AvgIpc) is 3.04. The van der Waals surface area contributed by atoms with Gasteiger partial charge in [-0.15, -0.1) is 11.3 Å². The standard InChI is InChI=1S/C19H28N4S/c1-13(2)17-12-24-18(23-17)11-22-19(20-5)21-10-15(4)16-8-6-7-14(3)9-16/h6-9,12-13,15H,10-11H2,1-5H3,(H2,20,21,22). The predicted molar refractivity (Wildman–Crippen MR) is 104 cm³/mol. The van der Waals surface area contributed by atoms with E-state index in [1.807, 2.05) is 0 Å². The second-order valence-corrected chi connectivity index (χ2v) is 7.39. The van der Waals surface area contributed by atoms with Crippen LogP contribution in [0.15, 0.2) is 34.6 Å². The molecule has 1 heterocycles. The normalized spacial score (nSPS) is 13.2. The molecule has 2 aromatic rings. The molecule has 2 rings (SSSR count). The topological polar surface area (TPSA) is 49.3 Å². The lowest BCUT2D eigenvalue weighted by Crippen LogP contribution is -2.38. The SMILES string of the molecule is CN=C(NCc1nc(C(C)C)cs1)NCC(C)c1cccc(C)c1. The van der Waals surface area contributed by atoms with Crippen LogP contribution in [-0.4, -0.2) is 24.5 Å². The second-order valence-electron chi connectivity index (χ2n) is 6.44. The summed E-state index contributed by atoms with van der Waals surface area (Å²) >= 11 is 1.70. The highest BCUT2D eigenvalue weighted by Gasteiger charge is 2.09. The summed E-state index contributed by atoms with van der Waals surface area (Å²) in [6.07, 6.45) is 0. The number of aliphatic imine (C=N–C) groups is 1. The van der Waals surface area contributed by atoms with Gasteiger partial charge in [0.1, 0.15) is 5.01 Å². The quantitative estimate of drug-likeness (QED) is 0.614. The molecule has 1 atom stereocenters. The van der Waals surface area contributed by atoms with Gasteiger partial charge in [0.05, 0.1) is 12.2 Å². The lowest BCUT2D eigenvalue weighted by Gasteiger charge is -2.16. The fraction of sp³-hybridized carbons (Fsp3) is 0.474. The number of nitrogens with zero attached hydrogens (tertiary/aromatic N) is 2. The summed E-state index contributed by atoms with van der Waals surface area (Å²) in [5.41, 5.74) is 3.80. The van der Waals surface area contributed by atoms with E-state index < -0.39 is 0 Å². The first kappa shape index (κ1) is 18.5. The Morgan fingerprint density at radius 3 is 2.67 bits per heavy atom. The smallest absolute Gasteiger partial charge is 0.191 e. The largest absolute Gasteiger partial charge is 0.356 e. The van der Waals surface area contributed by atoms with Crippen molar-refractivity contribution in [2.75, 3.05) is 13.6 Å². The third-order valence-corrected chi connectivity index (χ3v) is 4.85. The van der Waals surface area contributed by atoms with Gasteiger partial charge in [-0.05, 0) is 24.3 Å². The Balaban J connectivity index is 1.83. The van der Waals surface area contributed by atoms with E-state index in [9.17, 15) is 0 Å². The van der Waals surface area contributed by atoms with Crippen LogP contribution in [0.4, 0.5) is 0 Å². The number of hydrogen-bond donors (Lipinski definition) is 2. The first-order valence-electron chi connectivity index (χ1n) is 8.45. The highest BCUT2D eigenvalue weighted by atomic mass is 32.1. The molecule has 1 aromatic heterocycles. The van der Waals surface area contributed by atoms with Gasteiger partial charge in [-0.1, -0.05) is 50.6 Å². The van der Waals surface area contributed by atoms with Gasteiger partial charge in [-0.3, -0.25) is 4.99 Å². The highest BCUT2D eigenvalue weighted by molar-refractivity contribution is 7.09. The molecule has 0 amide bonds. The molecule has 130 valence electrons. The monoisotopic (exact) mass is 344 g/mol. The highest BCUT2D eigenvalue weighted by Crippen LogP contribution is 2.17. The fourth-order valence-corrected chi connectivity index (χ4v) is 3.29. The summed E-state index contributed by atoms with van der Waals surface area (Å²) in [6, 6.07) is 8.66. The maximum absolute atomic E-state index is 4.64. The number of aromatic nitrogens is 1. The summed E-state index contributed by atoms with van der Waals surface area (Å²) < 4.78 is 0. The third-order valence-electron chi connectivity index (χ3n) is 3.98. The fourth-order valence-electron chi connectivity index (χ4n) is 2.40. The molecule has 0 saturated carbocycles. The summed E-state index contributed by atoms with van der Waals surface area (Å²) in [5, 5.41) is 9.97. The number of thiazole rings is 1. The van der Waals surface area contributed by atoms with E-state index in [1.165, 1.54) is 11.1 Å². The Morgan fingerprint density at radius 1 is 1.25 bits per heavy atom. The molecule has 2 N–H and O–H groups in total. The number of rotatable bonds is 6. The lowest BCUT2D eigenvalue weighted by molar-refractivity contribution is 0.697. The number of nitrogens with one attached hydrogen (secondary N) is 2. The Morgan fingerprint density at radius 2 is 2.04 bits per heavy atom. The van der Waals surface area contributed by atoms with E-state index >= 15 is 0 Å². The molecule has 0 bridgehead atoms. The number of hydrogen-bond acceptors (Lipinski definition) is 3. The molecule has 5 heteroatoms. The van der Waals surface area contributed by atoms with Crippen molar-refractivity contribution in [2.24, 2.45) is 4.99 Å². The van der Waals surface area contributed by atoms with E-state index in [0.717, 1.165) is 23.2 Å². The van der Waals surface area contributed by atoms with Crippen LogP contribution in [0.25, 0.3) is 0 Å². The van der Waals surface area contributed by atoms with Gasteiger partial charge in [0.25, 0.3) is 0 Å². The Bertz CT molecular complexity index is 676. The summed E-state index contributed by atoms with van der Waals surface area (Å²) in [6.45, 7) is 10.2. The van der Waals surface area contributed by atoms with Crippen molar-refractivity contribution in [3.05, 3.63) is 51.5 Å². The first-order valence-corrected chi connectivity index (χ1v) is 9.33. The van der Waals surface area contributed by atoms with Crippen molar-refractivity contribution in [3.63, 3.8) is 0 Å². The average molecular weight is 345 g/mol. The molecule has 0 aliphatic rings. The van der Waals surface area contributed by atoms with E-state index in [2.05, 4.69) is 78.0 Å². The first-order chi connectivity index (χ1) is 11.5. The number of aryl methyl sites for hydroxylation is 1. The molecule has 1 aromatic carbocycles. The Hall–Kier alpha value is -1.88. The van der Waals surface area contributed by atoms with Crippen LogP contribution in [0.1, 0.15) is 54.4 Å². The van der Waals surface area contributed by atoms with Crippen LogP contribution < -0.4 is 10.6 Å². The van der Waals surface area contributed by atoms with Gasteiger partial charge in [-0.2, -0.15) is 0 Å².